The lowest BCUT2D eigenvalue weighted by Gasteiger charge is -2.20. The topological polar surface area (TPSA) is 66.9 Å². The van der Waals surface area contributed by atoms with Crippen molar-refractivity contribution in [2.24, 2.45) is 0 Å². The molecule has 0 aromatic carbocycles. The van der Waals surface area contributed by atoms with Crippen molar-refractivity contribution in [3.8, 4) is 0 Å². The zero-order chi connectivity index (χ0) is 12.1. The van der Waals surface area contributed by atoms with Crippen LogP contribution in [-0.2, 0) is 0 Å². The van der Waals surface area contributed by atoms with Gasteiger partial charge in [0.25, 0.3) is 5.91 Å². The molecule has 0 bridgehead atoms. The van der Waals surface area contributed by atoms with Gasteiger partial charge in [0.1, 0.15) is 0 Å². The van der Waals surface area contributed by atoms with E-state index in [1.54, 1.807) is 7.05 Å². The molecule has 1 aliphatic heterocycles. The van der Waals surface area contributed by atoms with Crippen LogP contribution in [0.25, 0.3) is 0 Å². The van der Waals surface area contributed by atoms with Gasteiger partial charge in [-0.05, 0) is 0 Å². The highest BCUT2D eigenvalue weighted by Crippen LogP contribution is 2.23. The van der Waals surface area contributed by atoms with E-state index in [2.05, 4.69) is 20.8 Å². The van der Waals surface area contributed by atoms with Gasteiger partial charge in [-0.25, -0.2) is 0 Å². The number of nitrogens with one attached hydrogen (secondary N) is 2. The molecule has 1 aromatic heterocycles. The van der Waals surface area contributed by atoms with Crippen LogP contribution in [0.4, 0.5) is 5.13 Å². The maximum atomic E-state index is 11.8. The molecule has 2 heterocycles. The van der Waals surface area contributed by atoms with Gasteiger partial charge in [0.05, 0.1) is 0 Å². The van der Waals surface area contributed by atoms with Crippen molar-refractivity contribution >= 4 is 45.9 Å². The number of rotatable bonds is 4. The van der Waals surface area contributed by atoms with Crippen LogP contribution in [0.5, 0.6) is 0 Å². The van der Waals surface area contributed by atoms with Crippen LogP contribution < -0.4 is 10.6 Å². The average molecular weight is 290 g/mol. The third-order valence-electron chi connectivity index (χ3n) is 2.21. The van der Waals surface area contributed by atoms with E-state index < -0.39 is 0 Å². The molecule has 1 unspecified atom stereocenters. The summed E-state index contributed by atoms with van der Waals surface area (Å²) < 4.78 is 0. The summed E-state index contributed by atoms with van der Waals surface area (Å²) in [6.07, 6.45) is 0. The van der Waals surface area contributed by atoms with E-state index in [0.717, 1.165) is 5.75 Å². The Morgan fingerprint density at radius 3 is 3.00 bits per heavy atom. The second-order valence-corrected chi connectivity index (χ2v) is 6.98. The highest BCUT2D eigenvalue weighted by Gasteiger charge is 2.17. The maximum absolute atomic E-state index is 11.8. The van der Waals surface area contributed by atoms with Crippen LogP contribution in [0, 0.1) is 0 Å². The number of hydrogen-bond acceptors (Lipinski definition) is 7. The summed E-state index contributed by atoms with van der Waals surface area (Å²) in [5.41, 5.74) is 0. The Morgan fingerprint density at radius 2 is 2.35 bits per heavy atom. The molecule has 2 N–H and O–H groups in total. The number of thioether (sulfide) groups is 2. The third-order valence-corrected chi connectivity index (χ3v) is 5.99. The van der Waals surface area contributed by atoms with Gasteiger partial charge < -0.3 is 10.6 Å². The predicted molar refractivity (Wildman–Crippen MR) is 75.4 cm³/mol. The Labute approximate surface area is 113 Å². The Morgan fingerprint density at radius 1 is 1.47 bits per heavy atom. The number of carbonyl (C=O) groups excluding carboxylic acids is 1. The molecule has 8 heteroatoms. The van der Waals surface area contributed by atoms with Gasteiger partial charge in [0, 0.05) is 36.1 Å². The number of hydrogen-bond donors (Lipinski definition) is 2. The molecule has 17 heavy (non-hydrogen) atoms. The highest BCUT2D eigenvalue weighted by atomic mass is 32.2. The van der Waals surface area contributed by atoms with E-state index >= 15 is 0 Å². The smallest absolute Gasteiger partial charge is 0.282 e. The molecule has 0 saturated carbocycles. The van der Waals surface area contributed by atoms with E-state index in [9.17, 15) is 4.79 Å². The minimum atomic E-state index is -0.125. The molecule has 0 spiro atoms. The summed E-state index contributed by atoms with van der Waals surface area (Å²) in [6.45, 7) is 0.713. The lowest BCUT2D eigenvalue weighted by Crippen LogP contribution is -2.33. The van der Waals surface area contributed by atoms with E-state index in [0.29, 0.717) is 21.9 Å². The maximum Gasteiger partial charge on any atom is 0.282 e. The largest absolute Gasteiger partial charge is 0.363 e. The SMILES string of the molecule is CNc1nnc(C(=O)NCC2CSCCS2)s1. The first-order chi connectivity index (χ1) is 8.29. The zero-order valence-electron chi connectivity index (χ0n) is 9.43. The fraction of sp³-hybridized carbons (Fsp3) is 0.667. The molecule has 1 atom stereocenters. The van der Waals surface area contributed by atoms with E-state index in [1.807, 2.05) is 23.5 Å². The van der Waals surface area contributed by atoms with Gasteiger partial charge in [-0.1, -0.05) is 11.3 Å². The minimum absolute atomic E-state index is 0.125. The van der Waals surface area contributed by atoms with Crippen LogP contribution in [0.2, 0.25) is 0 Å². The number of carbonyl (C=O) groups is 1. The third kappa shape index (κ3) is 3.75. The van der Waals surface area contributed by atoms with Crippen molar-refractivity contribution in [2.45, 2.75) is 5.25 Å². The highest BCUT2D eigenvalue weighted by molar-refractivity contribution is 8.06. The second kappa shape index (κ2) is 6.46. The zero-order valence-corrected chi connectivity index (χ0v) is 11.9. The average Bonchev–Trinajstić information content (AvgIpc) is 2.86. The fourth-order valence-electron chi connectivity index (χ4n) is 1.35. The predicted octanol–water partition coefficient (Wildman–Crippen LogP) is 1.16. The van der Waals surface area contributed by atoms with Crippen molar-refractivity contribution in [3.05, 3.63) is 5.01 Å². The summed E-state index contributed by atoms with van der Waals surface area (Å²) in [5, 5.41) is 15.1. The molecule has 1 saturated heterocycles. The van der Waals surface area contributed by atoms with Gasteiger partial charge in [0.15, 0.2) is 0 Å². The lowest BCUT2D eigenvalue weighted by atomic mass is 10.4. The first-order valence-electron chi connectivity index (χ1n) is 5.28. The quantitative estimate of drug-likeness (QED) is 0.867. The molecular formula is C9H14N4OS3. The summed E-state index contributed by atoms with van der Waals surface area (Å²) in [6, 6.07) is 0. The molecular weight excluding hydrogens is 276 g/mol. The summed E-state index contributed by atoms with van der Waals surface area (Å²) in [4.78, 5) is 11.8. The molecule has 0 radical (unpaired) electrons. The van der Waals surface area contributed by atoms with Gasteiger partial charge in [-0.15, -0.1) is 10.2 Å². The Kier molecular flexibility index (Phi) is 4.93. The van der Waals surface area contributed by atoms with Crippen molar-refractivity contribution in [1.29, 1.82) is 0 Å². The standard InChI is InChI=1S/C9H14N4OS3/c1-10-9-13-12-8(17-9)7(14)11-4-6-5-15-2-3-16-6/h6H,2-5H2,1H3,(H,10,13)(H,11,14). The molecule has 1 amide bonds. The first kappa shape index (κ1) is 13.0. The molecule has 2 rings (SSSR count). The van der Waals surface area contributed by atoms with Gasteiger partial charge in [-0.3, -0.25) is 4.79 Å². The number of amides is 1. The first-order valence-corrected chi connectivity index (χ1v) is 8.30. The Bertz CT molecular complexity index is 378. The Balaban J connectivity index is 1.80. The molecule has 5 nitrogen and oxygen atoms in total. The molecule has 0 aliphatic carbocycles. The normalized spacial score (nSPS) is 19.9. The number of nitrogens with zero attached hydrogens (tertiary/aromatic N) is 2. The Hall–Kier alpha value is -0.470. The van der Waals surface area contributed by atoms with Crippen molar-refractivity contribution < 1.29 is 4.79 Å². The van der Waals surface area contributed by atoms with Crippen LogP contribution in [0.15, 0.2) is 0 Å². The van der Waals surface area contributed by atoms with Crippen molar-refractivity contribution in [2.75, 3.05) is 36.2 Å². The monoisotopic (exact) mass is 290 g/mol. The minimum Gasteiger partial charge on any atom is -0.363 e. The molecule has 1 fully saturated rings. The van der Waals surface area contributed by atoms with Gasteiger partial charge >= 0.3 is 0 Å². The van der Waals surface area contributed by atoms with Crippen LogP contribution in [0.3, 0.4) is 0 Å². The van der Waals surface area contributed by atoms with E-state index in [4.69, 9.17) is 0 Å². The summed E-state index contributed by atoms with van der Waals surface area (Å²) >= 11 is 5.15. The molecule has 1 aliphatic rings. The second-order valence-electron chi connectivity index (χ2n) is 3.44. The fourth-order valence-corrected chi connectivity index (χ4v) is 4.58. The van der Waals surface area contributed by atoms with E-state index in [-0.39, 0.29) is 5.91 Å². The van der Waals surface area contributed by atoms with Gasteiger partial charge in [-0.2, -0.15) is 23.5 Å². The molecule has 94 valence electrons. The van der Waals surface area contributed by atoms with Crippen LogP contribution in [0.1, 0.15) is 9.80 Å². The number of aromatic nitrogens is 2. The van der Waals surface area contributed by atoms with Crippen molar-refractivity contribution in [1.82, 2.24) is 15.5 Å². The van der Waals surface area contributed by atoms with Gasteiger partial charge in [0.2, 0.25) is 10.1 Å². The number of anilines is 1. The summed E-state index contributed by atoms with van der Waals surface area (Å²) in [7, 11) is 1.76. The lowest BCUT2D eigenvalue weighted by molar-refractivity contribution is 0.0953. The molecule has 1 aromatic rings. The van der Waals surface area contributed by atoms with Crippen LogP contribution >= 0.6 is 34.9 Å². The van der Waals surface area contributed by atoms with Crippen LogP contribution in [-0.4, -0.2) is 52.2 Å². The summed E-state index contributed by atoms with van der Waals surface area (Å²) in [5.74, 6) is 3.38. The van der Waals surface area contributed by atoms with E-state index in [1.165, 1.54) is 22.8 Å². The van der Waals surface area contributed by atoms with Crippen molar-refractivity contribution in [3.63, 3.8) is 0 Å².